The van der Waals surface area contributed by atoms with E-state index in [0.29, 0.717) is 5.69 Å². The number of aromatic nitrogens is 2. The van der Waals surface area contributed by atoms with Crippen LogP contribution in [-0.4, -0.2) is 26.4 Å². The molecule has 0 aliphatic heterocycles. The lowest BCUT2D eigenvalue weighted by molar-refractivity contribution is -0.115. The molecule has 2 aromatic heterocycles. The molecule has 2 heterocycles. The van der Waals surface area contributed by atoms with E-state index in [0.717, 1.165) is 21.9 Å². The van der Waals surface area contributed by atoms with E-state index in [2.05, 4.69) is 10.3 Å². The van der Waals surface area contributed by atoms with Gasteiger partial charge in [-0.25, -0.2) is 9.78 Å². The average molecular weight is 412 g/mol. The van der Waals surface area contributed by atoms with Crippen molar-refractivity contribution >= 4 is 45.5 Å². The Bertz CT molecular complexity index is 1180. The van der Waals surface area contributed by atoms with Crippen molar-refractivity contribution in [2.75, 3.05) is 5.32 Å². The summed E-state index contributed by atoms with van der Waals surface area (Å²) in [7, 11) is 0. The Labute approximate surface area is 169 Å². The maximum atomic E-state index is 12.4. The molecule has 0 unspecified atom stereocenters. The van der Waals surface area contributed by atoms with Gasteiger partial charge in [-0.15, -0.1) is 11.3 Å². The maximum absolute atomic E-state index is 12.4. The highest BCUT2D eigenvalue weighted by atomic mass is 35.5. The van der Waals surface area contributed by atoms with E-state index in [1.807, 2.05) is 46.3 Å². The first-order valence-corrected chi connectivity index (χ1v) is 9.60. The van der Waals surface area contributed by atoms with Gasteiger partial charge in [-0.1, -0.05) is 41.9 Å². The van der Waals surface area contributed by atoms with Gasteiger partial charge in [0.2, 0.25) is 5.91 Å². The lowest BCUT2D eigenvalue weighted by Gasteiger charge is -2.07. The summed E-state index contributed by atoms with van der Waals surface area (Å²) < 4.78 is 1.90. The van der Waals surface area contributed by atoms with Crippen molar-refractivity contribution in [2.45, 2.75) is 6.42 Å². The zero-order valence-electron chi connectivity index (χ0n) is 14.4. The van der Waals surface area contributed by atoms with Crippen LogP contribution in [0.15, 0.2) is 60.1 Å². The van der Waals surface area contributed by atoms with Crippen molar-refractivity contribution in [2.24, 2.45) is 0 Å². The number of amides is 1. The van der Waals surface area contributed by atoms with Gasteiger partial charge >= 0.3 is 5.97 Å². The molecule has 28 heavy (non-hydrogen) atoms. The number of nitrogens with zero attached hydrogens (tertiary/aromatic N) is 2. The first-order chi connectivity index (χ1) is 13.5. The molecule has 0 aliphatic rings. The Hall–Kier alpha value is -3.16. The number of carbonyl (C=O) groups is 2. The number of aromatic carboxylic acids is 1. The monoisotopic (exact) mass is 411 g/mol. The van der Waals surface area contributed by atoms with Crippen molar-refractivity contribution in [3.63, 3.8) is 0 Å². The minimum Gasteiger partial charge on any atom is -0.478 e. The molecule has 2 aromatic carbocycles. The van der Waals surface area contributed by atoms with Gasteiger partial charge in [0.05, 0.1) is 22.7 Å². The maximum Gasteiger partial charge on any atom is 0.337 e. The topological polar surface area (TPSA) is 83.7 Å². The van der Waals surface area contributed by atoms with E-state index in [-0.39, 0.29) is 22.9 Å². The van der Waals surface area contributed by atoms with Crippen molar-refractivity contribution in [3.05, 3.63) is 76.4 Å². The minimum absolute atomic E-state index is 0.0560. The third-order valence-corrected chi connectivity index (χ3v) is 5.39. The number of carboxylic acids is 1. The van der Waals surface area contributed by atoms with Crippen molar-refractivity contribution in [3.8, 4) is 11.3 Å². The summed E-state index contributed by atoms with van der Waals surface area (Å²) in [6.45, 7) is 0. The number of halogens is 1. The van der Waals surface area contributed by atoms with Gasteiger partial charge in [0.25, 0.3) is 0 Å². The number of carbonyl (C=O) groups excluding carboxylic acids is 1. The second-order valence-electron chi connectivity index (χ2n) is 6.10. The Morgan fingerprint density at radius 1 is 1.18 bits per heavy atom. The number of fused-ring (bicyclic) bond motifs is 1. The first-order valence-electron chi connectivity index (χ1n) is 8.35. The number of carboxylic acid groups (broad SMARTS) is 1. The summed E-state index contributed by atoms with van der Waals surface area (Å²) in [5.41, 5.74) is 2.99. The van der Waals surface area contributed by atoms with Gasteiger partial charge in [-0.3, -0.25) is 9.20 Å². The fourth-order valence-corrected chi connectivity index (χ4v) is 3.91. The molecule has 8 heteroatoms. The smallest absolute Gasteiger partial charge is 0.337 e. The first kappa shape index (κ1) is 18.2. The number of thiazole rings is 1. The van der Waals surface area contributed by atoms with Crippen LogP contribution in [0.25, 0.3) is 16.2 Å². The molecule has 4 aromatic rings. The van der Waals surface area contributed by atoms with E-state index in [1.165, 1.54) is 23.5 Å². The summed E-state index contributed by atoms with van der Waals surface area (Å²) in [5, 5.41) is 13.9. The molecule has 6 nitrogen and oxygen atoms in total. The molecule has 0 aliphatic carbocycles. The Kier molecular flexibility index (Phi) is 4.85. The highest BCUT2D eigenvalue weighted by Crippen LogP contribution is 2.24. The molecule has 0 saturated carbocycles. The van der Waals surface area contributed by atoms with Gasteiger partial charge in [-0.2, -0.15) is 0 Å². The number of rotatable bonds is 5. The minimum atomic E-state index is -1.15. The molecule has 0 atom stereocenters. The molecule has 0 bridgehead atoms. The molecule has 0 spiro atoms. The highest BCUT2D eigenvalue weighted by Gasteiger charge is 2.14. The zero-order chi connectivity index (χ0) is 19.7. The number of hydrogen-bond acceptors (Lipinski definition) is 4. The van der Waals surface area contributed by atoms with Crippen LogP contribution in [0.5, 0.6) is 0 Å². The lowest BCUT2D eigenvalue weighted by Crippen LogP contribution is -2.15. The van der Waals surface area contributed by atoms with Crippen molar-refractivity contribution in [1.29, 1.82) is 0 Å². The van der Waals surface area contributed by atoms with Crippen LogP contribution in [-0.2, 0) is 11.2 Å². The Morgan fingerprint density at radius 3 is 2.71 bits per heavy atom. The molecule has 2 N–H and O–H groups in total. The molecule has 4 rings (SSSR count). The Balaban J connectivity index is 1.53. The summed E-state index contributed by atoms with van der Waals surface area (Å²) in [6, 6.07) is 14.2. The van der Waals surface area contributed by atoms with E-state index in [9.17, 15) is 9.59 Å². The second-order valence-corrected chi connectivity index (χ2v) is 7.34. The van der Waals surface area contributed by atoms with Crippen LogP contribution in [0, 0.1) is 0 Å². The number of nitrogens with one attached hydrogen (secondary N) is 1. The van der Waals surface area contributed by atoms with Crippen molar-refractivity contribution in [1.82, 2.24) is 9.38 Å². The van der Waals surface area contributed by atoms with Gasteiger partial charge in [0, 0.05) is 28.5 Å². The highest BCUT2D eigenvalue weighted by molar-refractivity contribution is 7.15. The fourth-order valence-electron chi connectivity index (χ4n) is 2.84. The third-order valence-electron chi connectivity index (χ3n) is 4.18. The largest absolute Gasteiger partial charge is 0.478 e. The second kappa shape index (κ2) is 7.46. The summed E-state index contributed by atoms with van der Waals surface area (Å²) in [5.74, 6) is -1.40. The molecule has 0 radical (unpaired) electrons. The number of imidazole rings is 1. The van der Waals surface area contributed by atoms with Crippen LogP contribution in [0.4, 0.5) is 5.69 Å². The summed E-state index contributed by atoms with van der Waals surface area (Å²) >= 11 is 7.32. The van der Waals surface area contributed by atoms with Crippen molar-refractivity contribution < 1.29 is 14.7 Å². The van der Waals surface area contributed by atoms with E-state index in [4.69, 9.17) is 16.7 Å². The summed E-state index contributed by atoms with van der Waals surface area (Å²) in [6.07, 6.45) is 2.05. The Morgan fingerprint density at radius 2 is 1.96 bits per heavy atom. The molecular weight excluding hydrogens is 398 g/mol. The molecular formula is C20H14ClN3O3S. The fraction of sp³-hybridized carbons (Fsp3) is 0.0500. The predicted molar refractivity (Wildman–Crippen MR) is 109 cm³/mol. The standard InChI is InChI=1S/C20H14ClN3O3S/c21-16-7-6-13(8-15(16)19(26)27)22-18(25)9-14-11-28-20-23-17(10-24(14)20)12-4-2-1-3-5-12/h1-8,10-11H,9H2,(H,22,25)(H,26,27). The quantitative estimate of drug-likeness (QED) is 0.503. The molecule has 0 saturated heterocycles. The molecule has 1 amide bonds. The van der Waals surface area contributed by atoms with Gasteiger partial charge in [0.1, 0.15) is 0 Å². The van der Waals surface area contributed by atoms with Gasteiger partial charge < -0.3 is 10.4 Å². The van der Waals surface area contributed by atoms with Crippen LogP contribution < -0.4 is 5.32 Å². The van der Waals surface area contributed by atoms with E-state index in [1.54, 1.807) is 6.07 Å². The number of benzene rings is 2. The number of hydrogen-bond donors (Lipinski definition) is 2. The van der Waals surface area contributed by atoms with Crippen LogP contribution in [0.3, 0.4) is 0 Å². The lowest BCUT2D eigenvalue weighted by atomic mass is 10.2. The predicted octanol–water partition coefficient (Wildman–Crippen LogP) is 4.60. The van der Waals surface area contributed by atoms with Crippen LogP contribution in [0.2, 0.25) is 5.02 Å². The molecule has 140 valence electrons. The molecule has 0 fully saturated rings. The van der Waals surface area contributed by atoms with E-state index < -0.39 is 5.97 Å². The number of anilines is 1. The summed E-state index contributed by atoms with van der Waals surface area (Å²) in [4.78, 5) is 29.0. The zero-order valence-corrected chi connectivity index (χ0v) is 16.0. The SMILES string of the molecule is O=C(Cc1csc2nc(-c3ccccc3)cn12)Nc1ccc(Cl)c(C(=O)O)c1. The van der Waals surface area contributed by atoms with Crippen LogP contribution in [0.1, 0.15) is 16.1 Å². The van der Waals surface area contributed by atoms with Gasteiger partial charge in [0.15, 0.2) is 4.96 Å². The average Bonchev–Trinajstić information content (AvgIpc) is 3.26. The van der Waals surface area contributed by atoms with Gasteiger partial charge in [-0.05, 0) is 18.2 Å². The van der Waals surface area contributed by atoms with E-state index >= 15 is 0 Å². The van der Waals surface area contributed by atoms with Crippen LogP contribution >= 0.6 is 22.9 Å². The third kappa shape index (κ3) is 3.62. The normalized spacial score (nSPS) is 10.9.